The number of guanidine groups is 1. The predicted molar refractivity (Wildman–Crippen MR) is 72.6 cm³/mol. The van der Waals surface area contributed by atoms with Gasteiger partial charge in [0.15, 0.2) is 5.96 Å². The molecule has 0 saturated heterocycles. The van der Waals surface area contributed by atoms with Gasteiger partial charge >= 0.3 is 0 Å². The van der Waals surface area contributed by atoms with Gasteiger partial charge in [-0.1, -0.05) is 0 Å². The van der Waals surface area contributed by atoms with Gasteiger partial charge in [-0.15, -0.1) is 0 Å². The highest BCUT2D eigenvalue weighted by Gasteiger charge is 2.03. The molecule has 5 nitrogen and oxygen atoms in total. The fraction of sp³-hybridized carbons (Fsp3) is 0.615. The summed E-state index contributed by atoms with van der Waals surface area (Å²) in [5, 5.41) is 3.06. The van der Waals surface area contributed by atoms with E-state index in [0.717, 1.165) is 43.3 Å². The first-order valence-electron chi connectivity index (χ1n) is 6.31. The number of nitrogens with one attached hydrogen (secondary N) is 1. The monoisotopic (exact) mass is 253 g/mol. The topological polar surface area (TPSA) is 72.8 Å². The number of hydrogen-bond donors (Lipinski definition) is 2. The first-order chi connectivity index (χ1) is 8.63. The lowest BCUT2D eigenvalue weighted by atomic mass is 10.2. The molecular formula is C13H23N3O2. The van der Waals surface area contributed by atoms with E-state index >= 15 is 0 Å². The quantitative estimate of drug-likeness (QED) is 0.441. The van der Waals surface area contributed by atoms with Gasteiger partial charge in [0, 0.05) is 25.3 Å². The molecule has 0 fully saturated rings. The minimum absolute atomic E-state index is 0.463. The van der Waals surface area contributed by atoms with E-state index in [0.29, 0.717) is 12.5 Å². The van der Waals surface area contributed by atoms with Gasteiger partial charge in [0.05, 0.1) is 6.54 Å². The molecule has 5 heteroatoms. The second-order valence-corrected chi connectivity index (χ2v) is 4.12. The van der Waals surface area contributed by atoms with E-state index in [1.54, 1.807) is 0 Å². The molecule has 1 aromatic heterocycles. The van der Waals surface area contributed by atoms with Crippen molar-refractivity contribution >= 4 is 5.96 Å². The van der Waals surface area contributed by atoms with E-state index in [4.69, 9.17) is 14.9 Å². The highest BCUT2D eigenvalue weighted by molar-refractivity contribution is 5.77. The summed E-state index contributed by atoms with van der Waals surface area (Å²) < 4.78 is 10.7. The molecule has 0 aromatic carbocycles. The van der Waals surface area contributed by atoms with Crippen LogP contribution in [-0.4, -0.2) is 25.7 Å². The van der Waals surface area contributed by atoms with Gasteiger partial charge in [-0.25, -0.2) is 4.99 Å². The molecular weight excluding hydrogens is 230 g/mol. The molecule has 1 heterocycles. The summed E-state index contributed by atoms with van der Waals surface area (Å²) in [5.74, 6) is 2.27. The van der Waals surface area contributed by atoms with Gasteiger partial charge in [-0.2, -0.15) is 0 Å². The molecule has 18 heavy (non-hydrogen) atoms. The summed E-state index contributed by atoms with van der Waals surface area (Å²) in [6.07, 6.45) is 0.925. The zero-order valence-corrected chi connectivity index (χ0v) is 11.5. The highest BCUT2D eigenvalue weighted by atomic mass is 16.5. The van der Waals surface area contributed by atoms with Crippen molar-refractivity contribution in [3.8, 4) is 0 Å². The smallest absolute Gasteiger partial charge is 0.188 e. The van der Waals surface area contributed by atoms with Crippen molar-refractivity contribution in [2.75, 3.05) is 19.8 Å². The van der Waals surface area contributed by atoms with E-state index < -0.39 is 0 Å². The molecule has 0 amide bonds. The van der Waals surface area contributed by atoms with E-state index in [1.807, 2.05) is 26.8 Å². The zero-order valence-electron chi connectivity index (χ0n) is 11.5. The van der Waals surface area contributed by atoms with Crippen LogP contribution in [0.25, 0.3) is 0 Å². The van der Waals surface area contributed by atoms with Crippen LogP contribution in [0.3, 0.4) is 0 Å². The number of nitrogens with zero attached hydrogens (tertiary/aromatic N) is 1. The third-order valence-corrected chi connectivity index (χ3v) is 2.54. The maximum Gasteiger partial charge on any atom is 0.188 e. The van der Waals surface area contributed by atoms with Crippen molar-refractivity contribution < 1.29 is 9.15 Å². The van der Waals surface area contributed by atoms with Crippen LogP contribution in [0.1, 0.15) is 30.4 Å². The fourth-order valence-electron chi connectivity index (χ4n) is 1.60. The molecule has 0 aliphatic rings. The Balaban J connectivity index is 2.27. The molecule has 1 aromatic rings. The van der Waals surface area contributed by atoms with Gasteiger partial charge in [0.2, 0.25) is 0 Å². The molecule has 0 bridgehead atoms. The summed E-state index contributed by atoms with van der Waals surface area (Å²) in [6.45, 7) is 8.67. The normalized spacial score (nSPS) is 11.8. The number of rotatable bonds is 7. The van der Waals surface area contributed by atoms with Crippen molar-refractivity contribution in [3.63, 3.8) is 0 Å². The van der Waals surface area contributed by atoms with Gasteiger partial charge in [0.1, 0.15) is 11.5 Å². The summed E-state index contributed by atoms with van der Waals surface area (Å²) in [5.41, 5.74) is 6.84. The molecule has 0 spiro atoms. The SMILES string of the molecule is CCOCCCNC(N)=NCc1cc(C)oc1C. The lowest BCUT2D eigenvalue weighted by Gasteiger charge is -2.05. The van der Waals surface area contributed by atoms with Crippen LogP contribution in [-0.2, 0) is 11.3 Å². The largest absolute Gasteiger partial charge is 0.466 e. The van der Waals surface area contributed by atoms with Crippen LogP contribution in [0.15, 0.2) is 15.5 Å². The summed E-state index contributed by atoms with van der Waals surface area (Å²) in [7, 11) is 0. The minimum Gasteiger partial charge on any atom is -0.466 e. The second-order valence-electron chi connectivity index (χ2n) is 4.12. The van der Waals surface area contributed by atoms with Crippen molar-refractivity contribution in [3.05, 3.63) is 23.2 Å². The molecule has 102 valence electrons. The molecule has 0 aliphatic carbocycles. The van der Waals surface area contributed by atoms with Crippen molar-refractivity contribution in [2.24, 2.45) is 10.7 Å². The summed E-state index contributed by atoms with van der Waals surface area (Å²) >= 11 is 0. The van der Waals surface area contributed by atoms with Gasteiger partial charge < -0.3 is 20.2 Å². The van der Waals surface area contributed by atoms with E-state index in [-0.39, 0.29) is 0 Å². The number of furan rings is 1. The first kappa shape index (κ1) is 14.6. The minimum atomic E-state index is 0.463. The third kappa shape index (κ3) is 5.23. The summed E-state index contributed by atoms with van der Waals surface area (Å²) in [6, 6.07) is 1.99. The van der Waals surface area contributed by atoms with Crippen molar-refractivity contribution in [1.29, 1.82) is 0 Å². The molecule has 0 saturated carbocycles. The molecule has 0 aliphatic heterocycles. The molecule has 0 atom stereocenters. The maximum atomic E-state index is 5.76. The average molecular weight is 253 g/mol. The molecule has 0 radical (unpaired) electrons. The van der Waals surface area contributed by atoms with E-state index in [2.05, 4.69) is 10.3 Å². The van der Waals surface area contributed by atoms with E-state index in [1.165, 1.54) is 0 Å². The molecule has 1 rings (SSSR count). The van der Waals surface area contributed by atoms with Gasteiger partial charge in [-0.3, -0.25) is 0 Å². The number of aliphatic imine (C=N–C) groups is 1. The molecule has 0 unspecified atom stereocenters. The highest BCUT2D eigenvalue weighted by Crippen LogP contribution is 2.14. The Morgan fingerprint density at radius 1 is 1.50 bits per heavy atom. The van der Waals surface area contributed by atoms with Crippen molar-refractivity contribution in [2.45, 2.75) is 33.7 Å². The van der Waals surface area contributed by atoms with Crippen molar-refractivity contribution in [1.82, 2.24) is 5.32 Å². The lowest BCUT2D eigenvalue weighted by molar-refractivity contribution is 0.145. The Morgan fingerprint density at radius 3 is 2.89 bits per heavy atom. The maximum absolute atomic E-state index is 5.76. The Morgan fingerprint density at radius 2 is 2.28 bits per heavy atom. The number of ether oxygens (including phenoxy) is 1. The third-order valence-electron chi connectivity index (χ3n) is 2.54. The predicted octanol–water partition coefficient (Wildman–Crippen LogP) is 1.73. The van der Waals surface area contributed by atoms with Crippen LogP contribution in [0.2, 0.25) is 0 Å². The number of nitrogens with two attached hydrogens (primary N) is 1. The van der Waals surface area contributed by atoms with Crippen LogP contribution in [0.4, 0.5) is 0 Å². The second kappa shape index (κ2) is 7.76. The van der Waals surface area contributed by atoms with Crippen LogP contribution >= 0.6 is 0 Å². The molecule has 3 N–H and O–H groups in total. The average Bonchev–Trinajstić information content (AvgIpc) is 2.65. The lowest BCUT2D eigenvalue weighted by Crippen LogP contribution is -2.32. The van der Waals surface area contributed by atoms with E-state index in [9.17, 15) is 0 Å². The fourth-order valence-corrected chi connectivity index (χ4v) is 1.60. The standard InChI is InChI=1S/C13H23N3O2/c1-4-17-7-5-6-15-13(14)16-9-12-8-10(2)18-11(12)3/h8H,4-7,9H2,1-3H3,(H3,14,15,16). The zero-order chi connectivity index (χ0) is 13.4. The first-order valence-corrected chi connectivity index (χ1v) is 6.31. The Hall–Kier alpha value is -1.49. The van der Waals surface area contributed by atoms with Crippen LogP contribution < -0.4 is 11.1 Å². The Labute approximate surface area is 108 Å². The number of aryl methyl sites for hydroxylation is 2. The Bertz CT molecular complexity index is 386. The van der Waals surface area contributed by atoms with Gasteiger partial charge in [-0.05, 0) is 33.3 Å². The summed E-state index contributed by atoms with van der Waals surface area (Å²) in [4.78, 5) is 4.27. The van der Waals surface area contributed by atoms with Crippen LogP contribution in [0, 0.1) is 13.8 Å². The van der Waals surface area contributed by atoms with Crippen LogP contribution in [0.5, 0.6) is 0 Å². The van der Waals surface area contributed by atoms with Gasteiger partial charge in [0.25, 0.3) is 0 Å². The Kier molecular flexibility index (Phi) is 6.28. The number of hydrogen-bond acceptors (Lipinski definition) is 3.